The highest BCUT2D eigenvalue weighted by Gasteiger charge is 2.22. The molecule has 2 heterocycles. The zero-order valence-corrected chi connectivity index (χ0v) is 13.8. The summed E-state index contributed by atoms with van der Waals surface area (Å²) in [7, 11) is 0. The lowest BCUT2D eigenvalue weighted by Crippen LogP contribution is -2.16. The zero-order chi connectivity index (χ0) is 16.9. The van der Waals surface area contributed by atoms with Crippen LogP contribution in [0.5, 0.6) is 0 Å². The summed E-state index contributed by atoms with van der Waals surface area (Å²) in [6, 6.07) is 6.27. The van der Waals surface area contributed by atoms with Crippen molar-refractivity contribution in [2.45, 2.75) is 30.6 Å². The maximum Gasteiger partial charge on any atom is 0.269 e. The van der Waals surface area contributed by atoms with Crippen molar-refractivity contribution < 1.29 is 14.8 Å². The van der Waals surface area contributed by atoms with Crippen LogP contribution in [0.4, 0.5) is 5.69 Å². The van der Waals surface area contributed by atoms with Gasteiger partial charge in [0.2, 0.25) is 0 Å². The normalized spacial score (nSPS) is 17.3. The third-order valence-corrected chi connectivity index (χ3v) is 4.73. The van der Waals surface area contributed by atoms with Crippen LogP contribution < -0.4 is 0 Å². The summed E-state index contributed by atoms with van der Waals surface area (Å²) < 4.78 is 7.67. The Morgan fingerprint density at radius 3 is 2.79 bits per heavy atom. The fraction of sp³-hybridized carbons (Fsp3) is 0.467. The molecule has 1 aromatic carbocycles. The Kier molecular flexibility index (Phi) is 5.44. The third kappa shape index (κ3) is 3.74. The lowest BCUT2D eigenvalue weighted by molar-refractivity contribution is -0.384. The van der Waals surface area contributed by atoms with Crippen LogP contribution >= 0.6 is 11.8 Å². The Balaban J connectivity index is 1.90. The number of rotatable bonds is 7. The molecule has 1 aliphatic heterocycles. The van der Waals surface area contributed by atoms with Gasteiger partial charge in [-0.25, -0.2) is 0 Å². The first-order valence-corrected chi connectivity index (χ1v) is 8.71. The molecule has 1 aromatic heterocycles. The number of nitro benzene ring substituents is 1. The van der Waals surface area contributed by atoms with Crippen molar-refractivity contribution >= 4 is 17.4 Å². The first kappa shape index (κ1) is 16.9. The molecule has 1 aliphatic rings. The van der Waals surface area contributed by atoms with Gasteiger partial charge in [-0.15, -0.1) is 10.2 Å². The van der Waals surface area contributed by atoms with Gasteiger partial charge in [0.15, 0.2) is 11.0 Å². The molecule has 2 aromatic rings. The molecular weight excluding hydrogens is 332 g/mol. The lowest BCUT2D eigenvalue weighted by atomic mass is 10.2. The highest BCUT2D eigenvalue weighted by atomic mass is 32.2. The minimum Gasteiger partial charge on any atom is -0.396 e. The second-order valence-corrected chi connectivity index (χ2v) is 6.49. The molecule has 0 spiro atoms. The predicted molar refractivity (Wildman–Crippen MR) is 88.9 cm³/mol. The van der Waals surface area contributed by atoms with E-state index < -0.39 is 4.92 Å². The van der Waals surface area contributed by atoms with Crippen LogP contribution in [0.25, 0.3) is 11.4 Å². The van der Waals surface area contributed by atoms with Crippen LogP contribution in [0.1, 0.15) is 12.8 Å². The summed E-state index contributed by atoms with van der Waals surface area (Å²) in [5, 5.41) is 29.0. The van der Waals surface area contributed by atoms with Gasteiger partial charge in [-0.05, 0) is 25.0 Å². The van der Waals surface area contributed by atoms with E-state index in [1.54, 1.807) is 12.1 Å². The highest BCUT2D eigenvalue weighted by molar-refractivity contribution is 7.99. The van der Waals surface area contributed by atoms with Crippen molar-refractivity contribution in [3.63, 3.8) is 0 Å². The molecule has 1 atom stereocenters. The van der Waals surface area contributed by atoms with Crippen molar-refractivity contribution in [1.82, 2.24) is 14.8 Å². The van der Waals surface area contributed by atoms with E-state index in [0.717, 1.165) is 25.0 Å². The lowest BCUT2D eigenvalue weighted by Gasteiger charge is -2.14. The zero-order valence-electron chi connectivity index (χ0n) is 13.0. The summed E-state index contributed by atoms with van der Waals surface area (Å²) >= 11 is 1.43. The Labute approximate surface area is 143 Å². The molecular formula is C15H18N4O4S. The van der Waals surface area contributed by atoms with Gasteiger partial charge in [0, 0.05) is 30.1 Å². The Morgan fingerprint density at radius 2 is 2.17 bits per heavy atom. The van der Waals surface area contributed by atoms with Crippen LogP contribution in [-0.4, -0.2) is 49.9 Å². The van der Waals surface area contributed by atoms with E-state index in [-0.39, 0.29) is 18.4 Å². The van der Waals surface area contributed by atoms with Gasteiger partial charge in [-0.2, -0.15) is 0 Å². The largest absolute Gasteiger partial charge is 0.396 e. The van der Waals surface area contributed by atoms with Crippen molar-refractivity contribution in [2.75, 3.05) is 19.0 Å². The van der Waals surface area contributed by atoms with E-state index in [9.17, 15) is 10.1 Å². The number of benzene rings is 1. The van der Waals surface area contributed by atoms with E-state index in [0.29, 0.717) is 23.3 Å². The maximum atomic E-state index is 10.8. The Bertz CT molecular complexity index is 698. The fourth-order valence-electron chi connectivity index (χ4n) is 2.63. The second-order valence-electron chi connectivity index (χ2n) is 5.43. The predicted octanol–water partition coefficient (Wildman–Crippen LogP) is 2.12. The first-order valence-electron chi connectivity index (χ1n) is 7.72. The molecule has 0 amide bonds. The number of nitrogens with zero attached hydrogens (tertiary/aromatic N) is 4. The molecule has 9 heteroatoms. The number of ether oxygens (including phenoxy) is 1. The number of non-ortho nitro benzene ring substituents is 1. The molecule has 0 bridgehead atoms. The van der Waals surface area contributed by atoms with Gasteiger partial charge in [0.1, 0.15) is 0 Å². The van der Waals surface area contributed by atoms with Gasteiger partial charge in [-0.3, -0.25) is 14.7 Å². The Morgan fingerprint density at radius 1 is 1.38 bits per heavy atom. The van der Waals surface area contributed by atoms with Gasteiger partial charge in [0.25, 0.3) is 5.69 Å². The minimum absolute atomic E-state index is 0.0406. The van der Waals surface area contributed by atoms with E-state index in [2.05, 4.69) is 10.2 Å². The standard InChI is InChI=1S/C15H18N4O4S/c20-7-9-24-15-17-16-14(18(15)10-13-2-1-8-23-13)11-3-5-12(6-4-11)19(21)22/h3-6,13,20H,1-2,7-10H2. The van der Waals surface area contributed by atoms with Gasteiger partial charge in [-0.1, -0.05) is 11.8 Å². The average molecular weight is 350 g/mol. The van der Waals surface area contributed by atoms with Gasteiger partial charge >= 0.3 is 0 Å². The quantitative estimate of drug-likeness (QED) is 0.463. The highest BCUT2D eigenvalue weighted by Crippen LogP contribution is 2.27. The second kappa shape index (κ2) is 7.73. The first-order chi connectivity index (χ1) is 11.7. The Hall–Kier alpha value is -1.97. The molecule has 3 rings (SSSR count). The van der Waals surface area contributed by atoms with E-state index in [4.69, 9.17) is 9.84 Å². The van der Waals surface area contributed by atoms with Crippen molar-refractivity contribution in [3.05, 3.63) is 34.4 Å². The summed E-state index contributed by atoms with van der Waals surface area (Å²) in [5.41, 5.74) is 0.806. The van der Waals surface area contributed by atoms with Gasteiger partial charge in [0.05, 0.1) is 24.2 Å². The molecule has 0 saturated carbocycles. The van der Waals surface area contributed by atoms with Crippen molar-refractivity contribution in [3.8, 4) is 11.4 Å². The van der Waals surface area contributed by atoms with Crippen LogP contribution in [0, 0.1) is 10.1 Å². The number of aromatic nitrogens is 3. The summed E-state index contributed by atoms with van der Waals surface area (Å²) in [6.45, 7) is 1.45. The molecule has 24 heavy (non-hydrogen) atoms. The maximum absolute atomic E-state index is 10.8. The molecule has 0 aliphatic carbocycles. The van der Waals surface area contributed by atoms with Crippen LogP contribution in [-0.2, 0) is 11.3 Å². The molecule has 0 radical (unpaired) electrons. The number of thioether (sulfide) groups is 1. The van der Waals surface area contributed by atoms with Crippen molar-refractivity contribution in [2.24, 2.45) is 0 Å². The van der Waals surface area contributed by atoms with Gasteiger partial charge < -0.3 is 9.84 Å². The van der Waals surface area contributed by atoms with Crippen LogP contribution in [0.3, 0.4) is 0 Å². The summed E-state index contributed by atoms with van der Waals surface area (Å²) in [5.74, 6) is 1.19. The topological polar surface area (TPSA) is 103 Å². The molecule has 1 unspecified atom stereocenters. The molecule has 8 nitrogen and oxygen atoms in total. The molecule has 128 valence electrons. The monoisotopic (exact) mass is 350 g/mol. The average Bonchev–Trinajstić information content (AvgIpc) is 3.23. The van der Waals surface area contributed by atoms with Crippen LogP contribution in [0.15, 0.2) is 29.4 Å². The van der Waals surface area contributed by atoms with E-state index in [1.165, 1.54) is 23.9 Å². The number of aliphatic hydroxyl groups is 1. The third-order valence-electron chi connectivity index (χ3n) is 3.79. The number of hydrogen-bond acceptors (Lipinski definition) is 7. The van der Waals surface area contributed by atoms with Crippen LogP contribution in [0.2, 0.25) is 0 Å². The number of aliphatic hydroxyl groups excluding tert-OH is 1. The smallest absolute Gasteiger partial charge is 0.269 e. The van der Waals surface area contributed by atoms with Crippen molar-refractivity contribution in [1.29, 1.82) is 0 Å². The number of hydrogen-bond donors (Lipinski definition) is 1. The molecule has 1 fully saturated rings. The summed E-state index contributed by atoms with van der Waals surface area (Å²) in [6.07, 6.45) is 2.15. The minimum atomic E-state index is -0.427. The SMILES string of the molecule is O=[N+]([O-])c1ccc(-c2nnc(SCCO)n2CC2CCCO2)cc1. The number of nitro groups is 1. The van der Waals surface area contributed by atoms with E-state index >= 15 is 0 Å². The molecule has 1 N–H and O–H groups in total. The van der Waals surface area contributed by atoms with E-state index in [1.807, 2.05) is 4.57 Å². The fourth-order valence-corrected chi connectivity index (χ4v) is 3.32. The molecule has 1 saturated heterocycles. The summed E-state index contributed by atoms with van der Waals surface area (Å²) in [4.78, 5) is 10.4.